The van der Waals surface area contributed by atoms with Gasteiger partial charge in [0.05, 0.1) is 22.6 Å². The molecule has 0 fully saturated rings. The number of rotatable bonds is 3. The van der Waals surface area contributed by atoms with Gasteiger partial charge in [-0.05, 0) is 35.8 Å². The molecule has 132 valence electrons. The van der Waals surface area contributed by atoms with E-state index in [4.69, 9.17) is 15.2 Å². The summed E-state index contributed by atoms with van der Waals surface area (Å²) in [4.78, 5) is 12.3. The summed E-state index contributed by atoms with van der Waals surface area (Å²) in [6.07, 6.45) is 0. The number of halogens is 4. The summed E-state index contributed by atoms with van der Waals surface area (Å²) in [5.74, 6) is -7.15. The number of carbonyl (C=O) groups is 1. The van der Waals surface area contributed by atoms with Gasteiger partial charge in [0.25, 0.3) is 0 Å². The Labute approximate surface area is 149 Å². The molecule has 0 aromatic heterocycles. The molecule has 1 aliphatic heterocycles. The Morgan fingerprint density at radius 3 is 2.64 bits per heavy atom. The van der Waals surface area contributed by atoms with E-state index in [1.54, 1.807) is 6.07 Å². The van der Waals surface area contributed by atoms with Crippen LogP contribution in [0.5, 0.6) is 0 Å². The number of nitrogens with zero attached hydrogens (tertiary/aromatic N) is 1. The molecule has 25 heavy (non-hydrogen) atoms. The lowest BCUT2D eigenvalue weighted by molar-refractivity contribution is -0.139. The van der Waals surface area contributed by atoms with Crippen molar-refractivity contribution in [3.63, 3.8) is 0 Å². The monoisotopic (exact) mass is 416 g/mol. The largest absolute Gasteiger partial charge is 0.463 e. The quantitative estimate of drug-likeness (QED) is 0.601. The van der Waals surface area contributed by atoms with Crippen LogP contribution in [0.4, 0.5) is 13.2 Å². The van der Waals surface area contributed by atoms with Crippen LogP contribution in [0.25, 0.3) is 0 Å². The normalized spacial score (nSPS) is 17.2. The minimum absolute atomic E-state index is 0.0266. The fourth-order valence-electron chi connectivity index (χ4n) is 2.49. The Balaban J connectivity index is 2.83. The number of carbonyl (C=O) groups excluding carboxylic acids is 1. The zero-order valence-corrected chi connectivity index (χ0v) is 14.7. The van der Waals surface area contributed by atoms with E-state index in [-0.39, 0.29) is 22.4 Å². The molecule has 1 unspecified atom stereocenters. The SMILES string of the molecule is CCOC(=O)C1=C(C)OC(N)=C(C#N)C1c1c(F)c(F)cc(Br)c1F. The Kier molecular flexibility index (Phi) is 5.42. The van der Waals surface area contributed by atoms with Gasteiger partial charge in [0.2, 0.25) is 5.88 Å². The molecule has 0 amide bonds. The molecule has 1 atom stereocenters. The minimum Gasteiger partial charge on any atom is -0.463 e. The Morgan fingerprint density at radius 1 is 1.44 bits per heavy atom. The maximum atomic E-state index is 14.6. The second kappa shape index (κ2) is 7.19. The van der Waals surface area contributed by atoms with Gasteiger partial charge in [-0.25, -0.2) is 18.0 Å². The van der Waals surface area contributed by atoms with Crippen molar-refractivity contribution < 1.29 is 27.4 Å². The van der Waals surface area contributed by atoms with Crippen molar-refractivity contribution in [2.45, 2.75) is 19.8 Å². The highest BCUT2D eigenvalue weighted by atomic mass is 79.9. The number of nitriles is 1. The molecule has 1 aromatic rings. The van der Waals surface area contributed by atoms with Crippen LogP contribution in [-0.2, 0) is 14.3 Å². The van der Waals surface area contributed by atoms with Gasteiger partial charge in [-0.1, -0.05) is 0 Å². The number of ether oxygens (including phenoxy) is 2. The van der Waals surface area contributed by atoms with Gasteiger partial charge in [-0.15, -0.1) is 0 Å². The second-order valence-corrected chi connectivity index (χ2v) is 5.85. The molecule has 1 aromatic carbocycles. The zero-order valence-electron chi connectivity index (χ0n) is 13.1. The number of benzene rings is 1. The van der Waals surface area contributed by atoms with Crippen molar-refractivity contribution in [3.8, 4) is 6.07 Å². The molecule has 1 aliphatic rings. The van der Waals surface area contributed by atoms with Crippen LogP contribution in [-0.4, -0.2) is 12.6 Å². The predicted octanol–water partition coefficient (Wildman–Crippen LogP) is 3.51. The number of esters is 1. The topological polar surface area (TPSA) is 85.3 Å². The molecular formula is C16H12BrF3N2O3. The van der Waals surface area contributed by atoms with Crippen LogP contribution in [0, 0.1) is 28.8 Å². The standard InChI is InChI=1S/C16H12BrF3N2O3/c1-3-24-16(23)10-6(2)25-15(22)7(5-21)11(10)12-13(19)8(17)4-9(18)14(12)20/h4,11H,3,22H2,1-2H3. The lowest BCUT2D eigenvalue weighted by Crippen LogP contribution is -2.27. The van der Waals surface area contributed by atoms with Crippen LogP contribution in [0.15, 0.2) is 33.3 Å². The van der Waals surface area contributed by atoms with E-state index in [1.165, 1.54) is 13.8 Å². The maximum Gasteiger partial charge on any atom is 0.338 e. The van der Waals surface area contributed by atoms with Crippen molar-refractivity contribution in [1.29, 1.82) is 5.26 Å². The van der Waals surface area contributed by atoms with Gasteiger partial charge in [-0.3, -0.25) is 0 Å². The molecule has 0 saturated heterocycles. The van der Waals surface area contributed by atoms with Crippen molar-refractivity contribution in [2.24, 2.45) is 5.73 Å². The molecule has 2 N–H and O–H groups in total. The first-order valence-electron chi connectivity index (χ1n) is 7.02. The second-order valence-electron chi connectivity index (χ2n) is 5.00. The molecule has 0 radical (unpaired) electrons. The summed E-state index contributed by atoms with van der Waals surface area (Å²) in [7, 11) is 0. The fraction of sp³-hybridized carbons (Fsp3) is 0.250. The van der Waals surface area contributed by atoms with E-state index in [0.717, 1.165) is 0 Å². The maximum absolute atomic E-state index is 14.6. The Bertz CT molecular complexity index is 833. The van der Waals surface area contributed by atoms with E-state index in [2.05, 4.69) is 15.9 Å². The van der Waals surface area contributed by atoms with Crippen LogP contribution in [0.2, 0.25) is 0 Å². The van der Waals surface area contributed by atoms with Gasteiger partial charge in [0.15, 0.2) is 11.6 Å². The predicted molar refractivity (Wildman–Crippen MR) is 84.0 cm³/mol. The summed E-state index contributed by atoms with van der Waals surface area (Å²) in [6.45, 7) is 2.83. The molecule has 9 heteroatoms. The number of hydrogen-bond acceptors (Lipinski definition) is 5. The number of allylic oxidation sites excluding steroid dienone is 2. The molecule has 0 spiro atoms. The summed E-state index contributed by atoms with van der Waals surface area (Å²) in [5.41, 5.74) is 4.02. The van der Waals surface area contributed by atoms with Gasteiger partial charge >= 0.3 is 5.97 Å². The van der Waals surface area contributed by atoms with Gasteiger partial charge in [0.1, 0.15) is 23.2 Å². The first kappa shape index (κ1) is 18.9. The highest BCUT2D eigenvalue weighted by Crippen LogP contribution is 2.43. The third-order valence-electron chi connectivity index (χ3n) is 3.54. The molecule has 0 aliphatic carbocycles. The molecule has 1 heterocycles. The summed E-state index contributed by atoms with van der Waals surface area (Å²) < 4.78 is 52.4. The summed E-state index contributed by atoms with van der Waals surface area (Å²) in [5, 5.41) is 9.34. The van der Waals surface area contributed by atoms with E-state index >= 15 is 0 Å². The Morgan fingerprint density at radius 2 is 2.08 bits per heavy atom. The highest BCUT2D eigenvalue weighted by Gasteiger charge is 2.40. The Hall–Kier alpha value is -2.47. The molecular weight excluding hydrogens is 405 g/mol. The van der Waals surface area contributed by atoms with Crippen LogP contribution in [0.3, 0.4) is 0 Å². The molecule has 5 nitrogen and oxygen atoms in total. The zero-order chi connectivity index (χ0) is 18.9. The van der Waals surface area contributed by atoms with Crippen LogP contribution < -0.4 is 5.73 Å². The minimum atomic E-state index is -1.61. The molecule has 0 saturated carbocycles. The average molecular weight is 417 g/mol. The lowest BCUT2D eigenvalue weighted by atomic mass is 9.82. The van der Waals surface area contributed by atoms with Crippen molar-refractivity contribution in [2.75, 3.05) is 6.61 Å². The highest BCUT2D eigenvalue weighted by molar-refractivity contribution is 9.10. The van der Waals surface area contributed by atoms with Crippen LogP contribution in [0.1, 0.15) is 25.3 Å². The first-order chi connectivity index (χ1) is 11.7. The van der Waals surface area contributed by atoms with Gasteiger partial charge in [0, 0.05) is 5.56 Å². The average Bonchev–Trinajstić information content (AvgIpc) is 2.53. The van der Waals surface area contributed by atoms with Crippen LogP contribution >= 0.6 is 15.9 Å². The van der Waals surface area contributed by atoms with E-state index in [9.17, 15) is 23.2 Å². The summed E-state index contributed by atoms with van der Waals surface area (Å²) in [6, 6.07) is 2.26. The summed E-state index contributed by atoms with van der Waals surface area (Å²) >= 11 is 2.78. The van der Waals surface area contributed by atoms with Gasteiger partial charge in [-0.2, -0.15) is 5.26 Å². The van der Waals surface area contributed by atoms with E-state index < -0.39 is 46.4 Å². The van der Waals surface area contributed by atoms with E-state index in [0.29, 0.717) is 6.07 Å². The third-order valence-corrected chi connectivity index (χ3v) is 4.11. The van der Waals surface area contributed by atoms with Crippen molar-refractivity contribution in [3.05, 3.63) is 56.3 Å². The lowest BCUT2D eigenvalue weighted by Gasteiger charge is -2.27. The molecule has 0 bridgehead atoms. The van der Waals surface area contributed by atoms with Gasteiger partial charge < -0.3 is 15.2 Å². The first-order valence-corrected chi connectivity index (χ1v) is 7.82. The third kappa shape index (κ3) is 3.22. The van der Waals surface area contributed by atoms with E-state index in [1.807, 2.05) is 0 Å². The number of nitrogens with two attached hydrogens (primary N) is 1. The van der Waals surface area contributed by atoms with Crippen molar-refractivity contribution >= 4 is 21.9 Å². The number of hydrogen-bond donors (Lipinski definition) is 1. The molecule has 2 rings (SSSR count). The smallest absolute Gasteiger partial charge is 0.338 e. The fourth-order valence-corrected chi connectivity index (χ4v) is 2.90. The van der Waals surface area contributed by atoms with Crippen molar-refractivity contribution in [1.82, 2.24) is 0 Å².